The first-order valence-corrected chi connectivity index (χ1v) is 5.98. The second-order valence-corrected chi connectivity index (χ2v) is 4.66. The fraction of sp³-hybridized carbons (Fsp3) is 0.333. The number of benzene rings is 1. The van der Waals surface area contributed by atoms with Crippen LogP contribution in [-0.2, 0) is 11.3 Å². The summed E-state index contributed by atoms with van der Waals surface area (Å²) in [6.45, 7) is 0.817. The Morgan fingerprint density at radius 2 is 2.17 bits per heavy atom. The zero-order valence-electron chi connectivity index (χ0n) is 9.94. The van der Waals surface area contributed by atoms with Crippen LogP contribution in [0, 0.1) is 0 Å². The lowest BCUT2D eigenvalue weighted by Crippen LogP contribution is -2.42. The Balaban J connectivity index is 1.85. The first-order chi connectivity index (χ1) is 8.56. The molecule has 1 saturated heterocycles. The molecule has 1 unspecified atom stereocenters. The van der Waals surface area contributed by atoms with Gasteiger partial charge in [0.1, 0.15) is 6.04 Å². The van der Waals surface area contributed by atoms with Gasteiger partial charge < -0.3 is 15.5 Å². The summed E-state index contributed by atoms with van der Waals surface area (Å²) in [6.07, 6.45) is 0. The Hall–Kier alpha value is -1.75. The molecule has 1 aliphatic rings. The molecule has 18 heavy (non-hydrogen) atoms. The van der Waals surface area contributed by atoms with Gasteiger partial charge in [0.2, 0.25) is 5.91 Å². The summed E-state index contributed by atoms with van der Waals surface area (Å²) in [4.78, 5) is 24.5. The third-order valence-electron chi connectivity index (χ3n) is 2.80. The highest BCUT2D eigenvalue weighted by atomic mass is 35.5. The van der Waals surface area contributed by atoms with Crippen molar-refractivity contribution >= 4 is 23.5 Å². The van der Waals surface area contributed by atoms with E-state index in [-0.39, 0.29) is 11.9 Å². The van der Waals surface area contributed by atoms with E-state index < -0.39 is 6.04 Å². The van der Waals surface area contributed by atoms with Gasteiger partial charge in [0.05, 0.1) is 6.54 Å². The van der Waals surface area contributed by atoms with E-state index in [2.05, 4.69) is 10.6 Å². The van der Waals surface area contributed by atoms with E-state index >= 15 is 0 Å². The number of likely N-dealkylation sites (N-methyl/N-ethyl adjacent to an activating group) is 1. The van der Waals surface area contributed by atoms with E-state index in [1.165, 1.54) is 4.90 Å². The number of hydrogen-bond acceptors (Lipinski definition) is 2. The van der Waals surface area contributed by atoms with Crippen LogP contribution in [0.5, 0.6) is 0 Å². The Morgan fingerprint density at radius 1 is 1.50 bits per heavy atom. The van der Waals surface area contributed by atoms with Crippen LogP contribution in [0.4, 0.5) is 4.79 Å². The second kappa shape index (κ2) is 5.27. The lowest BCUT2D eigenvalue weighted by molar-refractivity contribution is -0.122. The maximum Gasteiger partial charge on any atom is 0.317 e. The van der Waals surface area contributed by atoms with Crippen molar-refractivity contribution in [3.05, 3.63) is 34.9 Å². The van der Waals surface area contributed by atoms with Crippen LogP contribution in [0.2, 0.25) is 5.02 Å². The molecule has 0 radical (unpaired) electrons. The van der Waals surface area contributed by atoms with Crippen molar-refractivity contribution in [3.8, 4) is 0 Å². The van der Waals surface area contributed by atoms with Crippen LogP contribution in [0.15, 0.2) is 24.3 Å². The number of carbonyl (C=O) groups is 2. The first-order valence-electron chi connectivity index (χ1n) is 5.60. The van der Waals surface area contributed by atoms with Crippen molar-refractivity contribution < 1.29 is 9.59 Å². The Bertz CT molecular complexity index is 461. The lowest BCUT2D eigenvalue weighted by Gasteiger charge is -2.10. The van der Waals surface area contributed by atoms with Crippen LogP contribution in [0.25, 0.3) is 0 Å². The molecule has 2 rings (SSSR count). The largest absolute Gasteiger partial charge is 0.350 e. The van der Waals surface area contributed by atoms with Crippen molar-refractivity contribution in [2.75, 3.05) is 13.6 Å². The monoisotopic (exact) mass is 267 g/mol. The SMILES string of the molecule is CN1CC(C(=O)NCc2ccc(Cl)cc2)NC1=O. The molecule has 5 nitrogen and oxygen atoms in total. The molecule has 1 aromatic carbocycles. The number of amides is 3. The number of nitrogens with zero attached hydrogens (tertiary/aromatic N) is 1. The highest BCUT2D eigenvalue weighted by molar-refractivity contribution is 6.30. The molecule has 1 heterocycles. The van der Waals surface area contributed by atoms with Gasteiger partial charge in [-0.2, -0.15) is 0 Å². The quantitative estimate of drug-likeness (QED) is 0.858. The molecule has 0 bridgehead atoms. The van der Waals surface area contributed by atoms with E-state index in [1.807, 2.05) is 12.1 Å². The maximum atomic E-state index is 11.8. The summed E-state index contributed by atoms with van der Waals surface area (Å²) in [5, 5.41) is 6.04. The molecule has 1 aliphatic heterocycles. The van der Waals surface area contributed by atoms with Gasteiger partial charge in [-0.3, -0.25) is 4.79 Å². The summed E-state index contributed by atoms with van der Waals surface area (Å²) in [7, 11) is 1.65. The minimum Gasteiger partial charge on any atom is -0.350 e. The smallest absolute Gasteiger partial charge is 0.317 e. The van der Waals surface area contributed by atoms with Gasteiger partial charge in [-0.1, -0.05) is 23.7 Å². The van der Waals surface area contributed by atoms with Gasteiger partial charge in [-0.15, -0.1) is 0 Å². The summed E-state index contributed by atoms with van der Waals surface area (Å²) >= 11 is 5.77. The van der Waals surface area contributed by atoms with Gasteiger partial charge >= 0.3 is 6.03 Å². The van der Waals surface area contributed by atoms with Gasteiger partial charge in [0.25, 0.3) is 0 Å². The van der Waals surface area contributed by atoms with Crippen LogP contribution < -0.4 is 10.6 Å². The molecule has 0 spiro atoms. The van der Waals surface area contributed by atoms with Gasteiger partial charge in [0, 0.05) is 18.6 Å². The molecule has 1 aromatic rings. The van der Waals surface area contributed by atoms with Crippen LogP contribution >= 0.6 is 11.6 Å². The van der Waals surface area contributed by atoms with E-state index in [0.717, 1.165) is 5.56 Å². The predicted octanol–water partition coefficient (Wildman–Crippen LogP) is 0.980. The molecule has 1 atom stereocenters. The van der Waals surface area contributed by atoms with Crippen molar-refractivity contribution in [2.24, 2.45) is 0 Å². The molecular weight excluding hydrogens is 254 g/mol. The molecule has 6 heteroatoms. The maximum absolute atomic E-state index is 11.8. The fourth-order valence-electron chi connectivity index (χ4n) is 1.72. The molecule has 2 N–H and O–H groups in total. The number of hydrogen-bond donors (Lipinski definition) is 2. The van der Waals surface area contributed by atoms with Crippen molar-refractivity contribution in [3.63, 3.8) is 0 Å². The van der Waals surface area contributed by atoms with Crippen LogP contribution in [0.3, 0.4) is 0 Å². The first kappa shape index (κ1) is 12.7. The zero-order valence-corrected chi connectivity index (χ0v) is 10.7. The third-order valence-corrected chi connectivity index (χ3v) is 3.05. The van der Waals surface area contributed by atoms with Crippen molar-refractivity contribution in [2.45, 2.75) is 12.6 Å². The second-order valence-electron chi connectivity index (χ2n) is 4.23. The van der Waals surface area contributed by atoms with Gasteiger partial charge in [-0.05, 0) is 17.7 Å². The standard InChI is InChI=1S/C12H14ClN3O2/c1-16-7-10(15-12(16)18)11(17)14-6-8-2-4-9(13)5-3-8/h2-5,10H,6-7H2,1H3,(H,14,17)(H,15,18). The van der Waals surface area contributed by atoms with E-state index in [9.17, 15) is 9.59 Å². The highest BCUT2D eigenvalue weighted by Crippen LogP contribution is 2.09. The Kier molecular flexibility index (Phi) is 3.72. The summed E-state index contributed by atoms with van der Waals surface area (Å²) in [6, 6.07) is 6.54. The van der Waals surface area contributed by atoms with Gasteiger partial charge in [-0.25, -0.2) is 4.79 Å². The summed E-state index contributed by atoms with van der Waals surface area (Å²) in [5.41, 5.74) is 0.963. The number of nitrogens with one attached hydrogen (secondary N) is 2. The molecule has 0 aromatic heterocycles. The average molecular weight is 268 g/mol. The number of carbonyl (C=O) groups excluding carboxylic acids is 2. The number of rotatable bonds is 3. The minimum absolute atomic E-state index is 0.178. The summed E-state index contributed by atoms with van der Waals surface area (Å²) < 4.78 is 0. The average Bonchev–Trinajstić information content (AvgIpc) is 2.69. The topological polar surface area (TPSA) is 61.4 Å². The fourth-order valence-corrected chi connectivity index (χ4v) is 1.85. The molecular formula is C12H14ClN3O2. The van der Waals surface area contributed by atoms with E-state index in [4.69, 9.17) is 11.6 Å². The number of urea groups is 1. The molecule has 96 valence electrons. The number of halogens is 1. The van der Waals surface area contributed by atoms with Crippen LogP contribution in [0.1, 0.15) is 5.56 Å². The van der Waals surface area contributed by atoms with Gasteiger partial charge in [0.15, 0.2) is 0 Å². The zero-order chi connectivity index (χ0) is 13.1. The van der Waals surface area contributed by atoms with Crippen LogP contribution in [-0.4, -0.2) is 36.5 Å². The lowest BCUT2D eigenvalue weighted by atomic mass is 10.2. The van der Waals surface area contributed by atoms with Crippen molar-refractivity contribution in [1.29, 1.82) is 0 Å². The predicted molar refractivity (Wildman–Crippen MR) is 68.2 cm³/mol. The molecule has 1 fully saturated rings. The minimum atomic E-state index is -0.477. The molecule has 0 saturated carbocycles. The van der Waals surface area contributed by atoms with E-state index in [0.29, 0.717) is 18.1 Å². The Labute approximate surface area is 110 Å². The highest BCUT2D eigenvalue weighted by Gasteiger charge is 2.30. The molecule has 0 aliphatic carbocycles. The normalized spacial score (nSPS) is 18.7. The van der Waals surface area contributed by atoms with Crippen molar-refractivity contribution in [1.82, 2.24) is 15.5 Å². The van der Waals surface area contributed by atoms with E-state index in [1.54, 1.807) is 19.2 Å². The Morgan fingerprint density at radius 3 is 2.72 bits per heavy atom. The molecule has 3 amide bonds. The summed E-state index contributed by atoms with van der Waals surface area (Å²) in [5.74, 6) is -0.178. The third kappa shape index (κ3) is 2.92.